The molecule has 2 atom stereocenters. The Morgan fingerprint density at radius 1 is 0.474 bits per heavy atom. The van der Waals surface area contributed by atoms with Gasteiger partial charge >= 0.3 is 0 Å². The molecule has 0 heterocycles. The van der Waals surface area contributed by atoms with Crippen molar-refractivity contribution < 1.29 is 28.2 Å². The predicted octanol–water partition coefficient (Wildman–Crippen LogP) is 7.42. The van der Waals surface area contributed by atoms with Crippen LogP contribution in [0.15, 0.2) is 0 Å². The molecule has 0 amide bonds. The van der Waals surface area contributed by atoms with Gasteiger partial charge in [-0.25, -0.2) is 0 Å². The van der Waals surface area contributed by atoms with Crippen molar-refractivity contribution in [1.29, 1.82) is 0 Å². The maximum Gasteiger partial charge on any atom is 0.104 e. The Balaban J connectivity index is 3.52. The molecule has 0 aliphatic heterocycles. The third-order valence-electron chi connectivity index (χ3n) is 7.24. The molecule has 38 heavy (non-hydrogen) atoms. The van der Waals surface area contributed by atoms with E-state index in [2.05, 4.69) is 28.1 Å². The van der Waals surface area contributed by atoms with Crippen LogP contribution in [0.25, 0.3) is 0 Å². The average Bonchev–Trinajstić information content (AvgIpc) is 2.89. The van der Waals surface area contributed by atoms with E-state index in [1.54, 1.807) is 14.2 Å². The Kier molecular flexibility index (Phi) is 28.1. The molecule has 0 bridgehead atoms. The molecule has 0 saturated carbocycles. The minimum absolute atomic E-state index is 0.0608. The second-order valence-electron chi connectivity index (χ2n) is 12.0. The van der Waals surface area contributed by atoms with Crippen molar-refractivity contribution >= 4 is 0 Å². The van der Waals surface area contributed by atoms with Gasteiger partial charge in [0, 0.05) is 14.2 Å². The van der Waals surface area contributed by atoms with Crippen LogP contribution in [-0.4, -0.2) is 98.2 Å². The van der Waals surface area contributed by atoms with Gasteiger partial charge in [0.15, 0.2) is 0 Å². The van der Waals surface area contributed by atoms with Gasteiger partial charge in [0.25, 0.3) is 0 Å². The quantitative estimate of drug-likeness (QED) is 0.0668. The maximum absolute atomic E-state index is 5.89. The number of quaternary nitrogens is 1. The summed E-state index contributed by atoms with van der Waals surface area (Å²) in [6.07, 6.45) is 23.5. The predicted molar refractivity (Wildman–Crippen MR) is 161 cm³/mol. The van der Waals surface area contributed by atoms with Gasteiger partial charge < -0.3 is 28.2 Å². The molecule has 0 spiro atoms. The Hall–Kier alpha value is -0.240. The molecule has 0 aromatic heterocycles. The number of unbranched alkanes of at least 4 members (excludes halogenated alkanes) is 15. The third kappa shape index (κ3) is 28.8. The van der Waals surface area contributed by atoms with E-state index in [0.717, 1.165) is 24.1 Å². The van der Waals surface area contributed by atoms with Gasteiger partial charge in [-0.05, 0) is 6.42 Å². The van der Waals surface area contributed by atoms with Gasteiger partial charge in [-0.3, -0.25) is 0 Å². The van der Waals surface area contributed by atoms with Crippen LogP contribution in [0.4, 0.5) is 0 Å². The summed E-state index contributed by atoms with van der Waals surface area (Å²) >= 11 is 0. The highest BCUT2D eigenvalue weighted by atomic mass is 16.6. The van der Waals surface area contributed by atoms with E-state index in [1.807, 2.05) is 0 Å². The second-order valence-corrected chi connectivity index (χ2v) is 12.0. The molecule has 2 unspecified atom stereocenters. The van der Waals surface area contributed by atoms with Crippen molar-refractivity contribution in [2.45, 2.75) is 128 Å². The lowest BCUT2D eigenvalue weighted by atomic mass is 10.0. The first-order valence-electron chi connectivity index (χ1n) is 16.0. The van der Waals surface area contributed by atoms with Crippen molar-refractivity contribution in [1.82, 2.24) is 0 Å². The molecule has 0 radical (unpaired) electrons. The topological polar surface area (TPSA) is 46.2 Å². The van der Waals surface area contributed by atoms with Crippen molar-refractivity contribution in [3.8, 4) is 0 Å². The summed E-state index contributed by atoms with van der Waals surface area (Å²) in [7, 11) is 9.99. The molecule has 0 fully saturated rings. The highest BCUT2D eigenvalue weighted by Gasteiger charge is 2.12. The molecule has 6 heteroatoms. The van der Waals surface area contributed by atoms with Crippen LogP contribution in [0.3, 0.4) is 0 Å². The van der Waals surface area contributed by atoms with Crippen LogP contribution in [0, 0.1) is 0 Å². The summed E-state index contributed by atoms with van der Waals surface area (Å²) in [6, 6.07) is 0. The van der Waals surface area contributed by atoms with Gasteiger partial charge in [0.2, 0.25) is 0 Å². The smallest absolute Gasteiger partial charge is 0.104 e. The Morgan fingerprint density at radius 2 is 0.895 bits per heavy atom. The van der Waals surface area contributed by atoms with Crippen LogP contribution in [-0.2, 0) is 23.7 Å². The van der Waals surface area contributed by atoms with Gasteiger partial charge in [-0.1, -0.05) is 110 Å². The molecule has 0 rings (SSSR count). The molecular formula is C32H68NO5+. The van der Waals surface area contributed by atoms with Gasteiger partial charge in [0.1, 0.15) is 12.6 Å². The molecule has 0 aliphatic carbocycles. The molecule has 0 aromatic rings. The molecule has 0 aliphatic rings. The zero-order valence-corrected chi connectivity index (χ0v) is 26.6. The number of hydrogen-bond donors (Lipinski definition) is 0. The van der Waals surface area contributed by atoms with Gasteiger partial charge in [-0.2, -0.15) is 0 Å². The number of ether oxygens (including phenoxy) is 5. The van der Waals surface area contributed by atoms with E-state index < -0.39 is 0 Å². The summed E-state index contributed by atoms with van der Waals surface area (Å²) in [4.78, 5) is 0. The Morgan fingerprint density at radius 3 is 1.37 bits per heavy atom. The minimum atomic E-state index is -0.0608. The largest absolute Gasteiger partial charge is 0.379 e. The third-order valence-corrected chi connectivity index (χ3v) is 7.24. The first-order valence-corrected chi connectivity index (χ1v) is 16.0. The van der Waals surface area contributed by atoms with Crippen molar-refractivity contribution in [3.63, 3.8) is 0 Å². The highest BCUT2D eigenvalue weighted by molar-refractivity contribution is 4.60. The molecule has 230 valence electrons. The summed E-state index contributed by atoms with van der Waals surface area (Å²) in [5.74, 6) is 0. The molecule has 0 aromatic carbocycles. The van der Waals surface area contributed by atoms with Crippen molar-refractivity contribution in [2.75, 3.05) is 81.5 Å². The fraction of sp³-hybridized carbons (Fsp3) is 1.00. The van der Waals surface area contributed by atoms with Gasteiger partial charge in [-0.15, -0.1) is 0 Å². The van der Waals surface area contributed by atoms with Crippen molar-refractivity contribution in [2.24, 2.45) is 0 Å². The van der Waals surface area contributed by atoms with Crippen LogP contribution in [0.1, 0.15) is 116 Å². The highest BCUT2D eigenvalue weighted by Crippen LogP contribution is 2.15. The zero-order chi connectivity index (χ0) is 28.2. The van der Waals surface area contributed by atoms with Crippen molar-refractivity contribution in [3.05, 3.63) is 0 Å². The number of nitrogens with zero attached hydrogens (tertiary/aromatic N) is 1. The first-order chi connectivity index (χ1) is 18.4. The molecule has 0 N–H and O–H groups in total. The number of hydrogen-bond acceptors (Lipinski definition) is 5. The normalized spacial score (nSPS) is 13.7. The SMILES string of the molecule is CCCCCCCCCCCCCCCCCCC(COCC(COCCOCC[N+](C)(C)C)OC)OC. The van der Waals surface area contributed by atoms with Crippen LogP contribution in [0.2, 0.25) is 0 Å². The van der Waals surface area contributed by atoms with E-state index in [4.69, 9.17) is 23.7 Å². The maximum atomic E-state index is 5.89. The summed E-state index contributed by atoms with van der Waals surface area (Å²) in [5, 5.41) is 0. The second kappa shape index (κ2) is 28.3. The monoisotopic (exact) mass is 547 g/mol. The standard InChI is InChI=1S/C32H68NO5/c1-7-8-9-10-11-12-13-14-15-16-17-18-19-20-21-22-23-31(34-5)28-38-30-32(35-6)29-37-27-26-36-25-24-33(2,3)4/h31-32H,7-30H2,1-6H3/q+1. The summed E-state index contributed by atoms with van der Waals surface area (Å²) < 4.78 is 29.3. The average molecular weight is 547 g/mol. The lowest BCUT2D eigenvalue weighted by Crippen LogP contribution is -2.37. The van der Waals surface area contributed by atoms with Crippen LogP contribution in [0.5, 0.6) is 0 Å². The Bertz CT molecular complexity index is 458. The fourth-order valence-corrected chi connectivity index (χ4v) is 4.48. The lowest BCUT2D eigenvalue weighted by molar-refractivity contribution is -0.870. The van der Waals surface area contributed by atoms with E-state index in [1.165, 1.54) is 103 Å². The van der Waals surface area contributed by atoms with E-state index in [9.17, 15) is 0 Å². The number of rotatable bonds is 31. The molecule has 6 nitrogen and oxygen atoms in total. The van der Waals surface area contributed by atoms with E-state index in [-0.39, 0.29) is 12.2 Å². The van der Waals surface area contributed by atoms with E-state index in [0.29, 0.717) is 33.0 Å². The Labute approximate surface area is 238 Å². The minimum Gasteiger partial charge on any atom is -0.379 e. The van der Waals surface area contributed by atoms with Crippen LogP contribution < -0.4 is 0 Å². The summed E-state index contributed by atoms with van der Waals surface area (Å²) in [6.45, 7) is 6.89. The summed E-state index contributed by atoms with van der Waals surface area (Å²) in [5.41, 5.74) is 0. The van der Waals surface area contributed by atoms with Gasteiger partial charge in [0.05, 0.1) is 66.9 Å². The lowest BCUT2D eigenvalue weighted by Gasteiger charge is -2.23. The molecule has 0 saturated heterocycles. The zero-order valence-electron chi connectivity index (χ0n) is 26.6. The number of methoxy groups -OCH3 is 2. The molecular weight excluding hydrogens is 478 g/mol. The first kappa shape index (κ1) is 37.8. The van der Waals surface area contributed by atoms with E-state index >= 15 is 0 Å². The number of likely N-dealkylation sites (N-methyl/N-ethyl adjacent to an activating group) is 1. The fourth-order valence-electron chi connectivity index (χ4n) is 4.48. The van der Waals surface area contributed by atoms with Crippen LogP contribution >= 0.6 is 0 Å².